The minimum absolute atomic E-state index is 0.811. The number of likely N-dealkylation sites (tertiary alicyclic amines) is 1. The molecule has 0 amide bonds. The molecule has 1 aliphatic rings. The molecule has 4 nitrogen and oxygen atoms in total. The second-order valence-electron chi connectivity index (χ2n) is 4.91. The summed E-state index contributed by atoms with van der Waals surface area (Å²) in [6.45, 7) is 7.21. The van der Waals surface area contributed by atoms with Gasteiger partial charge in [-0.3, -0.25) is 0 Å². The molecule has 0 aliphatic carbocycles. The van der Waals surface area contributed by atoms with E-state index in [0.717, 1.165) is 51.7 Å². The molecule has 0 spiro atoms. The standard InChI is InChI=1S/C13H28N2O2/c1-16-8-2-3-9-17-10-7-15-6-4-5-13(11-14)12-15/h13H,2-12,14H2,1H3/p+1. The van der Waals surface area contributed by atoms with E-state index in [0.29, 0.717) is 0 Å². The smallest absolute Gasteiger partial charge is 0.0780 e. The quantitative estimate of drug-likeness (QED) is 0.598. The van der Waals surface area contributed by atoms with Gasteiger partial charge in [-0.05, 0) is 32.2 Å². The van der Waals surface area contributed by atoms with E-state index in [1.54, 1.807) is 7.11 Å². The zero-order chi connectivity index (χ0) is 12.3. The largest absolute Gasteiger partial charge is 0.385 e. The summed E-state index contributed by atoms with van der Waals surface area (Å²) < 4.78 is 10.6. The Morgan fingerprint density at radius 3 is 2.82 bits per heavy atom. The molecular formula is C13H29N2O2+. The van der Waals surface area contributed by atoms with Gasteiger partial charge in [0.05, 0.1) is 13.2 Å². The summed E-state index contributed by atoms with van der Waals surface area (Å²) in [5.74, 6) is 0.811. The third-order valence-corrected chi connectivity index (χ3v) is 3.45. The maximum atomic E-state index is 5.64. The van der Waals surface area contributed by atoms with Crippen LogP contribution in [0, 0.1) is 5.92 Å². The average molecular weight is 245 g/mol. The Morgan fingerprint density at radius 2 is 2.06 bits per heavy atom. The number of unbranched alkanes of at least 4 members (excludes halogenated alkanes) is 1. The summed E-state index contributed by atoms with van der Waals surface area (Å²) in [6.07, 6.45) is 4.89. The molecule has 4 heteroatoms. The van der Waals surface area contributed by atoms with Gasteiger partial charge >= 0.3 is 0 Å². The lowest BCUT2D eigenvalue weighted by Crippen LogP contribution is -2.56. The minimum atomic E-state index is 0.811. The molecule has 0 bridgehead atoms. The first-order valence-corrected chi connectivity index (χ1v) is 6.95. The molecule has 1 unspecified atom stereocenters. The van der Waals surface area contributed by atoms with Crippen LogP contribution in [0.5, 0.6) is 0 Å². The Labute approximate surface area is 105 Å². The first-order chi connectivity index (χ1) is 8.36. The van der Waals surface area contributed by atoms with Crippen LogP contribution in [0.15, 0.2) is 0 Å². The number of methoxy groups -OCH3 is 1. The lowest BCUT2D eigenvalue weighted by Gasteiger charge is -2.30. The van der Waals surface area contributed by atoms with E-state index in [1.807, 2.05) is 0 Å². The summed E-state index contributed by atoms with van der Waals surface area (Å²) in [5, 5.41) is 0. The molecule has 0 aromatic carbocycles. The highest BCUT2D eigenvalue weighted by Gasteiger charge is 2.19. The second kappa shape index (κ2) is 9.83. The SMILES string of the molecule is COCCCCOCCN1CCCC(C[NH3+])C1. The highest BCUT2D eigenvalue weighted by molar-refractivity contribution is 4.71. The molecule has 1 heterocycles. The van der Waals surface area contributed by atoms with Gasteiger partial charge < -0.3 is 20.1 Å². The predicted octanol–water partition coefficient (Wildman–Crippen LogP) is 0.384. The van der Waals surface area contributed by atoms with Crippen LogP contribution >= 0.6 is 0 Å². The molecule has 17 heavy (non-hydrogen) atoms. The topological polar surface area (TPSA) is 49.3 Å². The van der Waals surface area contributed by atoms with Crippen LogP contribution in [-0.4, -0.2) is 58.0 Å². The molecule has 1 atom stereocenters. The first-order valence-electron chi connectivity index (χ1n) is 6.95. The van der Waals surface area contributed by atoms with E-state index >= 15 is 0 Å². The molecule has 0 aromatic heterocycles. The third kappa shape index (κ3) is 6.99. The Kier molecular flexibility index (Phi) is 8.61. The summed E-state index contributed by atoms with van der Waals surface area (Å²) in [6, 6.07) is 0. The van der Waals surface area contributed by atoms with Gasteiger partial charge in [-0.15, -0.1) is 0 Å². The zero-order valence-electron chi connectivity index (χ0n) is 11.3. The van der Waals surface area contributed by atoms with Gasteiger partial charge in [0.15, 0.2) is 0 Å². The van der Waals surface area contributed by atoms with Crippen molar-refractivity contribution in [1.29, 1.82) is 0 Å². The number of hydrogen-bond acceptors (Lipinski definition) is 3. The van der Waals surface area contributed by atoms with Crippen molar-refractivity contribution < 1.29 is 15.2 Å². The van der Waals surface area contributed by atoms with Gasteiger partial charge in [0.25, 0.3) is 0 Å². The monoisotopic (exact) mass is 245 g/mol. The molecule has 1 saturated heterocycles. The van der Waals surface area contributed by atoms with Crippen LogP contribution in [0.2, 0.25) is 0 Å². The lowest BCUT2D eigenvalue weighted by molar-refractivity contribution is -0.380. The number of ether oxygens (including phenoxy) is 2. The Morgan fingerprint density at radius 1 is 1.24 bits per heavy atom. The zero-order valence-corrected chi connectivity index (χ0v) is 11.3. The Hall–Kier alpha value is -0.160. The van der Waals surface area contributed by atoms with Crippen LogP contribution in [-0.2, 0) is 9.47 Å². The van der Waals surface area contributed by atoms with E-state index in [2.05, 4.69) is 10.6 Å². The van der Waals surface area contributed by atoms with E-state index in [-0.39, 0.29) is 0 Å². The molecule has 0 radical (unpaired) electrons. The van der Waals surface area contributed by atoms with Crippen LogP contribution < -0.4 is 5.73 Å². The van der Waals surface area contributed by atoms with Crippen molar-refractivity contribution in [2.75, 3.05) is 53.1 Å². The van der Waals surface area contributed by atoms with E-state index in [9.17, 15) is 0 Å². The van der Waals surface area contributed by atoms with Gasteiger partial charge in [0, 0.05) is 39.3 Å². The summed E-state index contributed by atoms with van der Waals surface area (Å²) in [5.41, 5.74) is 4.01. The van der Waals surface area contributed by atoms with E-state index in [1.165, 1.54) is 25.9 Å². The average Bonchev–Trinajstić information content (AvgIpc) is 2.38. The van der Waals surface area contributed by atoms with Gasteiger partial charge in [-0.2, -0.15) is 0 Å². The van der Waals surface area contributed by atoms with Crippen LogP contribution in [0.3, 0.4) is 0 Å². The Balaban J connectivity index is 1.91. The van der Waals surface area contributed by atoms with Crippen molar-refractivity contribution in [3.63, 3.8) is 0 Å². The lowest BCUT2D eigenvalue weighted by atomic mass is 9.98. The molecule has 1 rings (SSSR count). The van der Waals surface area contributed by atoms with Gasteiger partial charge in [-0.25, -0.2) is 0 Å². The van der Waals surface area contributed by atoms with E-state index < -0.39 is 0 Å². The maximum Gasteiger partial charge on any atom is 0.0780 e. The minimum Gasteiger partial charge on any atom is -0.385 e. The van der Waals surface area contributed by atoms with Gasteiger partial charge in [0.1, 0.15) is 0 Å². The van der Waals surface area contributed by atoms with Crippen molar-refractivity contribution >= 4 is 0 Å². The molecule has 0 aromatic rings. The molecular weight excluding hydrogens is 216 g/mol. The molecule has 3 N–H and O–H groups in total. The maximum absolute atomic E-state index is 5.64. The molecule has 0 saturated carbocycles. The number of rotatable bonds is 9. The van der Waals surface area contributed by atoms with Crippen LogP contribution in [0.25, 0.3) is 0 Å². The summed E-state index contributed by atoms with van der Waals surface area (Å²) in [7, 11) is 1.75. The van der Waals surface area contributed by atoms with Crippen molar-refractivity contribution in [2.24, 2.45) is 5.92 Å². The van der Waals surface area contributed by atoms with Crippen LogP contribution in [0.4, 0.5) is 0 Å². The molecule has 1 fully saturated rings. The predicted molar refractivity (Wildman–Crippen MR) is 68.8 cm³/mol. The normalized spacial score (nSPS) is 21.9. The molecule has 102 valence electrons. The van der Waals surface area contributed by atoms with E-state index in [4.69, 9.17) is 9.47 Å². The Bertz CT molecular complexity index is 179. The highest BCUT2D eigenvalue weighted by atomic mass is 16.5. The first kappa shape index (κ1) is 14.9. The highest BCUT2D eigenvalue weighted by Crippen LogP contribution is 2.14. The van der Waals surface area contributed by atoms with Crippen LogP contribution in [0.1, 0.15) is 25.7 Å². The third-order valence-electron chi connectivity index (χ3n) is 3.45. The summed E-state index contributed by atoms with van der Waals surface area (Å²) >= 11 is 0. The number of nitrogens with zero attached hydrogens (tertiary/aromatic N) is 1. The number of hydrogen-bond donors (Lipinski definition) is 1. The van der Waals surface area contributed by atoms with Crippen molar-refractivity contribution in [1.82, 2.24) is 4.90 Å². The van der Waals surface area contributed by atoms with Crippen molar-refractivity contribution in [3.8, 4) is 0 Å². The fourth-order valence-electron chi connectivity index (χ4n) is 2.34. The summed E-state index contributed by atoms with van der Waals surface area (Å²) in [4.78, 5) is 2.52. The van der Waals surface area contributed by atoms with Gasteiger partial charge in [0.2, 0.25) is 0 Å². The fraction of sp³-hybridized carbons (Fsp3) is 1.00. The van der Waals surface area contributed by atoms with Gasteiger partial charge in [-0.1, -0.05) is 0 Å². The fourth-order valence-corrected chi connectivity index (χ4v) is 2.34. The van der Waals surface area contributed by atoms with Crippen molar-refractivity contribution in [2.45, 2.75) is 25.7 Å². The number of piperidine rings is 1. The molecule has 1 aliphatic heterocycles. The number of quaternary nitrogens is 1. The second-order valence-corrected chi connectivity index (χ2v) is 4.91. The van der Waals surface area contributed by atoms with Crippen molar-refractivity contribution in [3.05, 3.63) is 0 Å².